The first-order valence-electron chi connectivity index (χ1n) is 6.35. The van der Waals surface area contributed by atoms with Crippen molar-refractivity contribution in [3.05, 3.63) is 35.1 Å². The smallest absolute Gasteiger partial charge is 0.126 e. The van der Waals surface area contributed by atoms with E-state index >= 15 is 0 Å². The van der Waals surface area contributed by atoms with Gasteiger partial charge in [0.1, 0.15) is 5.82 Å². The molecule has 1 aromatic rings. The van der Waals surface area contributed by atoms with Gasteiger partial charge >= 0.3 is 0 Å². The van der Waals surface area contributed by atoms with Crippen LogP contribution in [0.25, 0.3) is 0 Å². The topological polar surface area (TPSA) is 29.3 Å². The molecule has 1 aliphatic rings. The minimum atomic E-state index is -0.140. The first-order valence-corrected chi connectivity index (χ1v) is 6.35. The zero-order valence-electron chi connectivity index (χ0n) is 10.6. The number of nitrogens with two attached hydrogens (primary N) is 1. The molecule has 2 nitrogen and oxygen atoms in total. The SMILES string of the molecule is Cc1cc(C(CN)N2CCCC2C)ccc1F. The van der Waals surface area contributed by atoms with Crippen molar-refractivity contribution in [1.29, 1.82) is 0 Å². The van der Waals surface area contributed by atoms with Gasteiger partial charge in [-0.3, -0.25) is 4.90 Å². The Hall–Kier alpha value is -0.930. The van der Waals surface area contributed by atoms with Crippen molar-refractivity contribution in [1.82, 2.24) is 4.90 Å². The standard InChI is InChI=1S/C14H21FN2/c1-10-8-12(5-6-13(10)15)14(9-16)17-7-3-4-11(17)2/h5-6,8,11,14H,3-4,7,9,16H2,1-2H3. The molecule has 3 heteroatoms. The number of benzene rings is 1. The van der Waals surface area contributed by atoms with Gasteiger partial charge in [0, 0.05) is 18.6 Å². The number of nitrogens with zero attached hydrogens (tertiary/aromatic N) is 1. The fourth-order valence-electron chi connectivity index (χ4n) is 2.76. The Morgan fingerprint density at radius 1 is 1.53 bits per heavy atom. The second kappa shape index (κ2) is 5.15. The van der Waals surface area contributed by atoms with E-state index in [1.807, 2.05) is 12.1 Å². The summed E-state index contributed by atoms with van der Waals surface area (Å²) in [5.74, 6) is -0.140. The van der Waals surface area contributed by atoms with E-state index in [1.165, 1.54) is 12.8 Å². The van der Waals surface area contributed by atoms with Crippen molar-refractivity contribution in [2.45, 2.75) is 38.8 Å². The molecule has 2 rings (SSSR count). The lowest BCUT2D eigenvalue weighted by molar-refractivity contribution is 0.195. The second-order valence-corrected chi connectivity index (χ2v) is 4.99. The summed E-state index contributed by atoms with van der Waals surface area (Å²) in [6, 6.07) is 6.15. The van der Waals surface area contributed by atoms with Gasteiger partial charge in [-0.05, 0) is 50.4 Å². The van der Waals surface area contributed by atoms with Gasteiger partial charge in [-0.1, -0.05) is 12.1 Å². The normalized spacial score (nSPS) is 22.9. The van der Waals surface area contributed by atoms with E-state index in [1.54, 1.807) is 13.0 Å². The van der Waals surface area contributed by atoms with Crippen LogP contribution in [0.1, 0.15) is 36.9 Å². The average Bonchev–Trinajstić information content (AvgIpc) is 2.71. The third-order valence-electron chi connectivity index (χ3n) is 3.79. The molecule has 1 saturated heterocycles. The molecule has 0 aromatic heterocycles. The summed E-state index contributed by atoms with van der Waals surface area (Å²) >= 11 is 0. The van der Waals surface area contributed by atoms with E-state index < -0.39 is 0 Å². The molecule has 0 amide bonds. The van der Waals surface area contributed by atoms with Crippen molar-refractivity contribution in [3.8, 4) is 0 Å². The molecule has 2 atom stereocenters. The molecular weight excluding hydrogens is 215 g/mol. The molecule has 0 saturated carbocycles. The van der Waals surface area contributed by atoms with E-state index in [9.17, 15) is 4.39 Å². The maximum atomic E-state index is 13.3. The lowest BCUT2D eigenvalue weighted by Gasteiger charge is -2.31. The van der Waals surface area contributed by atoms with Crippen LogP contribution < -0.4 is 5.73 Å². The molecule has 94 valence electrons. The predicted molar refractivity (Wildman–Crippen MR) is 68.3 cm³/mol. The Morgan fingerprint density at radius 2 is 2.29 bits per heavy atom. The third-order valence-corrected chi connectivity index (χ3v) is 3.79. The Kier molecular flexibility index (Phi) is 3.79. The number of rotatable bonds is 3. The molecule has 1 aliphatic heterocycles. The maximum absolute atomic E-state index is 13.3. The second-order valence-electron chi connectivity index (χ2n) is 4.99. The number of halogens is 1. The van der Waals surface area contributed by atoms with Gasteiger partial charge in [-0.25, -0.2) is 4.39 Å². The van der Waals surface area contributed by atoms with Crippen molar-refractivity contribution in [2.24, 2.45) is 5.73 Å². The lowest BCUT2D eigenvalue weighted by Crippen LogP contribution is -2.36. The molecule has 0 aliphatic carbocycles. The monoisotopic (exact) mass is 236 g/mol. The van der Waals surface area contributed by atoms with Gasteiger partial charge in [0.25, 0.3) is 0 Å². The Morgan fingerprint density at radius 3 is 2.82 bits per heavy atom. The zero-order valence-corrected chi connectivity index (χ0v) is 10.6. The molecule has 1 heterocycles. The van der Waals surface area contributed by atoms with Gasteiger partial charge in [-0.15, -0.1) is 0 Å². The van der Waals surface area contributed by atoms with E-state index in [0.29, 0.717) is 18.2 Å². The molecule has 0 radical (unpaired) electrons. The van der Waals surface area contributed by atoms with Crippen LogP contribution in [-0.2, 0) is 0 Å². The highest BCUT2D eigenvalue weighted by atomic mass is 19.1. The van der Waals surface area contributed by atoms with E-state index in [2.05, 4.69) is 11.8 Å². The molecule has 1 aromatic carbocycles. The van der Waals surface area contributed by atoms with Crippen LogP contribution in [-0.4, -0.2) is 24.0 Å². The van der Waals surface area contributed by atoms with Crippen LogP contribution in [0.2, 0.25) is 0 Å². The van der Waals surface area contributed by atoms with Crippen molar-refractivity contribution in [2.75, 3.05) is 13.1 Å². The maximum Gasteiger partial charge on any atom is 0.126 e. The number of likely N-dealkylation sites (tertiary alicyclic amines) is 1. The quantitative estimate of drug-likeness (QED) is 0.874. The number of hydrogen-bond donors (Lipinski definition) is 1. The molecule has 0 bridgehead atoms. The molecule has 2 N–H and O–H groups in total. The summed E-state index contributed by atoms with van der Waals surface area (Å²) in [4.78, 5) is 2.44. The van der Waals surface area contributed by atoms with Crippen LogP contribution in [0.3, 0.4) is 0 Å². The van der Waals surface area contributed by atoms with Gasteiger partial charge in [0.2, 0.25) is 0 Å². The van der Waals surface area contributed by atoms with Crippen LogP contribution >= 0.6 is 0 Å². The number of hydrogen-bond acceptors (Lipinski definition) is 2. The van der Waals surface area contributed by atoms with Crippen molar-refractivity contribution in [3.63, 3.8) is 0 Å². The van der Waals surface area contributed by atoms with Crippen LogP contribution in [0.4, 0.5) is 4.39 Å². The van der Waals surface area contributed by atoms with Gasteiger partial charge < -0.3 is 5.73 Å². The summed E-state index contributed by atoms with van der Waals surface area (Å²) in [5, 5.41) is 0. The van der Waals surface area contributed by atoms with Crippen molar-refractivity contribution >= 4 is 0 Å². The minimum absolute atomic E-state index is 0.140. The highest BCUT2D eigenvalue weighted by Gasteiger charge is 2.27. The Balaban J connectivity index is 2.25. The summed E-state index contributed by atoms with van der Waals surface area (Å²) in [6.45, 7) is 5.74. The number of aryl methyl sites for hydroxylation is 1. The van der Waals surface area contributed by atoms with Gasteiger partial charge in [0.15, 0.2) is 0 Å². The first kappa shape index (κ1) is 12.5. The lowest BCUT2D eigenvalue weighted by atomic mass is 10.0. The first-order chi connectivity index (χ1) is 8.13. The molecule has 0 spiro atoms. The molecule has 2 unspecified atom stereocenters. The summed E-state index contributed by atoms with van der Waals surface area (Å²) in [5.41, 5.74) is 7.74. The fraction of sp³-hybridized carbons (Fsp3) is 0.571. The summed E-state index contributed by atoms with van der Waals surface area (Å²) in [7, 11) is 0. The highest BCUT2D eigenvalue weighted by molar-refractivity contribution is 5.27. The zero-order chi connectivity index (χ0) is 12.4. The predicted octanol–water partition coefficient (Wildman–Crippen LogP) is 2.62. The fourth-order valence-corrected chi connectivity index (χ4v) is 2.76. The minimum Gasteiger partial charge on any atom is -0.329 e. The van der Waals surface area contributed by atoms with Gasteiger partial charge in [-0.2, -0.15) is 0 Å². The van der Waals surface area contributed by atoms with E-state index in [4.69, 9.17) is 5.73 Å². The van der Waals surface area contributed by atoms with Crippen LogP contribution in [0.15, 0.2) is 18.2 Å². The van der Waals surface area contributed by atoms with Crippen LogP contribution in [0.5, 0.6) is 0 Å². The summed E-state index contributed by atoms with van der Waals surface area (Å²) < 4.78 is 13.3. The Labute approximate surface area is 103 Å². The average molecular weight is 236 g/mol. The third kappa shape index (κ3) is 2.50. The van der Waals surface area contributed by atoms with Gasteiger partial charge in [0.05, 0.1) is 0 Å². The largest absolute Gasteiger partial charge is 0.329 e. The van der Waals surface area contributed by atoms with Crippen LogP contribution in [0, 0.1) is 12.7 Å². The van der Waals surface area contributed by atoms with Crippen molar-refractivity contribution < 1.29 is 4.39 Å². The highest BCUT2D eigenvalue weighted by Crippen LogP contribution is 2.29. The van der Waals surface area contributed by atoms with E-state index in [0.717, 1.165) is 12.1 Å². The summed E-state index contributed by atoms with van der Waals surface area (Å²) in [6.07, 6.45) is 2.47. The Bertz CT molecular complexity index is 392. The molecular formula is C14H21FN2. The molecule has 1 fully saturated rings. The molecule has 17 heavy (non-hydrogen) atoms. The van der Waals surface area contributed by atoms with E-state index in [-0.39, 0.29) is 11.9 Å².